The summed E-state index contributed by atoms with van der Waals surface area (Å²) < 4.78 is 24.7. The van der Waals surface area contributed by atoms with Crippen LogP contribution in [-0.2, 0) is 4.74 Å². The number of methoxy groups -OCH3 is 1. The Hall–Kier alpha value is -2.22. The molecule has 0 N–H and O–H groups in total. The van der Waals surface area contributed by atoms with Gasteiger partial charge in [-0.3, -0.25) is 0 Å². The van der Waals surface area contributed by atoms with E-state index in [0.717, 1.165) is 15.9 Å². The molecule has 0 aliphatic rings. The van der Waals surface area contributed by atoms with Crippen molar-refractivity contribution in [2.24, 2.45) is 0 Å². The monoisotopic (exact) mass is 340 g/mol. The van der Waals surface area contributed by atoms with Crippen LogP contribution in [0.5, 0.6) is 5.75 Å². The van der Waals surface area contributed by atoms with Crippen molar-refractivity contribution < 1.29 is 13.9 Å². The summed E-state index contributed by atoms with van der Waals surface area (Å²) in [5.74, 6) is 0.381. The third kappa shape index (κ3) is 3.81. The minimum Gasteiger partial charge on any atom is -0.467 e. The third-order valence-electron chi connectivity index (χ3n) is 3.52. The van der Waals surface area contributed by atoms with Crippen LogP contribution in [0, 0.1) is 5.82 Å². The second-order valence-electron chi connectivity index (χ2n) is 5.17. The molecule has 0 atom stereocenters. The Bertz CT molecular complexity index is 739. The van der Waals surface area contributed by atoms with E-state index in [1.807, 2.05) is 36.4 Å². The van der Waals surface area contributed by atoms with E-state index in [9.17, 15) is 4.39 Å². The quantitative estimate of drug-likeness (QED) is 0.505. The number of hydrogen-bond donors (Lipinski definition) is 0. The molecule has 3 aromatic rings. The lowest BCUT2D eigenvalue weighted by Crippen LogP contribution is -2.23. The van der Waals surface area contributed by atoms with Gasteiger partial charge in [-0.2, -0.15) is 0 Å². The van der Waals surface area contributed by atoms with Crippen LogP contribution in [0.4, 0.5) is 4.39 Å². The minimum absolute atomic E-state index is 0.130. The molecule has 0 amide bonds. The molecule has 0 heterocycles. The molecule has 0 radical (unpaired) electrons. The van der Waals surface area contributed by atoms with Crippen LogP contribution >= 0.6 is 7.92 Å². The molecule has 0 saturated heterocycles. The lowest BCUT2D eigenvalue weighted by Gasteiger charge is -2.22. The fraction of sp³-hybridized carbons (Fsp3) is 0.100. The molecule has 3 aromatic carbocycles. The van der Waals surface area contributed by atoms with Crippen LogP contribution in [0.15, 0.2) is 78.9 Å². The summed E-state index contributed by atoms with van der Waals surface area (Å²) in [6.45, 7) is 0.130. The molecular weight excluding hydrogens is 322 g/mol. The smallest absolute Gasteiger partial charge is 0.188 e. The van der Waals surface area contributed by atoms with Crippen molar-refractivity contribution in [3.05, 3.63) is 84.7 Å². The number of halogens is 1. The highest BCUT2D eigenvalue weighted by molar-refractivity contribution is 7.80. The highest BCUT2D eigenvalue weighted by Crippen LogP contribution is 2.36. The first-order chi connectivity index (χ1) is 11.8. The van der Waals surface area contributed by atoms with Gasteiger partial charge in [0.15, 0.2) is 6.79 Å². The second-order valence-corrected chi connectivity index (χ2v) is 7.35. The van der Waals surface area contributed by atoms with Gasteiger partial charge in [0, 0.05) is 12.4 Å². The molecule has 0 aromatic heterocycles. The Morgan fingerprint density at radius 2 is 1.42 bits per heavy atom. The van der Waals surface area contributed by atoms with Crippen molar-refractivity contribution in [2.75, 3.05) is 13.9 Å². The van der Waals surface area contributed by atoms with Gasteiger partial charge in [-0.25, -0.2) is 4.39 Å². The average Bonchev–Trinajstić information content (AvgIpc) is 2.63. The minimum atomic E-state index is -0.920. The molecule has 0 aliphatic heterocycles. The summed E-state index contributed by atoms with van der Waals surface area (Å²) in [4.78, 5) is 0. The molecule has 3 rings (SSSR count). The van der Waals surface area contributed by atoms with E-state index in [2.05, 4.69) is 24.3 Å². The molecule has 0 saturated carbocycles. The number of benzene rings is 3. The van der Waals surface area contributed by atoms with Gasteiger partial charge in [-0.1, -0.05) is 60.7 Å². The standard InChI is InChI=1S/C20H18FO2P/c1-22-15-23-19-13-12-16(21)14-20(19)24(17-8-4-2-5-9-17)18-10-6-3-7-11-18/h2-14H,15H2,1H3. The zero-order valence-electron chi connectivity index (χ0n) is 13.4. The van der Waals surface area contributed by atoms with Crippen LogP contribution in [0.25, 0.3) is 0 Å². The van der Waals surface area contributed by atoms with E-state index < -0.39 is 7.92 Å². The van der Waals surface area contributed by atoms with Crippen LogP contribution in [0.1, 0.15) is 0 Å². The maximum absolute atomic E-state index is 14.0. The highest BCUT2D eigenvalue weighted by atomic mass is 31.1. The third-order valence-corrected chi connectivity index (χ3v) is 5.98. The van der Waals surface area contributed by atoms with Gasteiger partial charge in [0.25, 0.3) is 0 Å². The van der Waals surface area contributed by atoms with E-state index in [1.165, 1.54) is 6.07 Å². The van der Waals surface area contributed by atoms with Gasteiger partial charge in [-0.15, -0.1) is 0 Å². The molecule has 0 spiro atoms. The summed E-state index contributed by atoms with van der Waals surface area (Å²) in [6.07, 6.45) is 0. The van der Waals surface area contributed by atoms with Crippen LogP contribution in [-0.4, -0.2) is 13.9 Å². The molecule has 0 bridgehead atoms. The van der Waals surface area contributed by atoms with Crippen molar-refractivity contribution in [1.82, 2.24) is 0 Å². The number of rotatable bonds is 6. The normalized spacial score (nSPS) is 10.8. The van der Waals surface area contributed by atoms with Crippen LogP contribution < -0.4 is 20.7 Å². The van der Waals surface area contributed by atoms with Crippen molar-refractivity contribution in [3.63, 3.8) is 0 Å². The van der Waals surface area contributed by atoms with Gasteiger partial charge in [0.1, 0.15) is 11.6 Å². The Morgan fingerprint density at radius 1 is 0.833 bits per heavy atom. The summed E-state index contributed by atoms with van der Waals surface area (Å²) in [5.41, 5.74) is 0. The van der Waals surface area contributed by atoms with E-state index in [4.69, 9.17) is 9.47 Å². The van der Waals surface area contributed by atoms with Gasteiger partial charge in [-0.05, 0) is 36.7 Å². The number of hydrogen-bond acceptors (Lipinski definition) is 2. The highest BCUT2D eigenvalue weighted by Gasteiger charge is 2.21. The topological polar surface area (TPSA) is 18.5 Å². The first-order valence-corrected chi connectivity index (χ1v) is 8.95. The van der Waals surface area contributed by atoms with Crippen molar-refractivity contribution >= 4 is 23.8 Å². The largest absolute Gasteiger partial charge is 0.467 e. The molecular formula is C20H18FO2P. The molecule has 0 unspecified atom stereocenters. The predicted octanol–water partition coefficient (Wildman–Crippen LogP) is 3.57. The summed E-state index contributed by atoms with van der Waals surface area (Å²) in [6, 6.07) is 24.9. The second kappa shape index (κ2) is 8.05. The summed E-state index contributed by atoms with van der Waals surface area (Å²) in [7, 11) is 0.650. The molecule has 4 heteroatoms. The molecule has 0 fully saturated rings. The van der Waals surface area contributed by atoms with Gasteiger partial charge >= 0.3 is 0 Å². The van der Waals surface area contributed by atoms with Crippen LogP contribution in [0.2, 0.25) is 0 Å². The van der Waals surface area contributed by atoms with E-state index in [-0.39, 0.29) is 12.6 Å². The van der Waals surface area contributed by atoms with Gasteiger partial charge < -0.3 is 9.47 Å². The molecule has 2 nitrogen and oxygen atoms in total. The SMILES string of the molecule is COCOc1ccc(F)cc1P(c1ccccc1)c1ccccc1. The Balaban J connectivity index is 2.14. The Kier molecular flexibility index (Phi) is 5.58. The predicted molar refractivity (Wildman–Crippen MR) is 97.6 cm³/mol. The Morgan fingerprint density at radius 3 is 1.96 bits per heavy atom. The lowest BCUT2D eigenvalue weighted by molar-refractivity contribution is 0.0518. The molecule has 0 aliphatic carbocycles. The number of ether oxygens (including phenoxy) is 2. The van der Waals surface area contributed by atoms with Crippen molar-refractivity contribution in [1.29, 1.82) is 0 Å². The van der Waals surface area contributed by atoms with E-state index in [1.54, 1.807) is 19.2 Å². The zero-order valence-corrected chi connectivity index (χ0v) is 14.2. The van der Waals surface area contributed by atoms with E-state index in [0.29, 0.717) is 5.75 Å². The fourth-order valence-corrected chi connectivity index (χ4v) is 4.90. The van der Waals surface area contributed by atoms with Crippen LogP contribution in [0.3, 0.4) is 0 Å². The van der Waals surface area contributed by atoms with Gasteiger partial charge in [0.05, 0.1) is 0 Å². The summed E-state index contributed by atoms with van der Waals surface area (Å²) in [5, 5.41) is 3.14. The summed E-state index contributed by atoms with van der Waals surface area (Å²) >= 11 is 0. The molecule has 24 heavy (non-hydrogen) atoms. The zero-order chi connectivity index (χ0) is 16.8. The molecule has 122 valence electrons. The van der Waals surface area contributed by atoms with Gasteiger partial charge in [0.2, 0.25) is 0 Å². The first-order valence-electron chi connectivity index (χ1n) is 7.61. The fourth-order valence-electron chi connectivity index (χ4n) is 2.49. The van der Waals surface area contributed by atoms with E-state index >= 15 is 0 Å². The first kappa shape index (κ1) is 16.6. The van der Waals surface area contributed by atoms with Crippen molar-refractivity contribution in [2.45, 2.75) is 0 Å². The lowest BCUT2D eigenvalue weighted by atomic mass is 10.3. The van der Waals surface area contributed by atoms with Crippen molar-refractivity contribution in [3.8, 4) is 5.75 Å². The maximum atomic E-state index is 14.0. The average molecular weight is 340 g/mol. The Labute approximate surface area is 142 Å². The maximum Gasteiger partial charge on any atom is 0.188 e.